The number of halogens is 1. The van der Waals surface area contributed by atoms with E-state index in [-0.39, 0.29) is 35.5 Å². The number of hydrogen-bond donors (Lipinski definition) is 1. The van der Waals surface area contributed by atoms with Gasteiger partial charge in [-0.05, 0) is 79.9 Å². The van der Waals surface area contributed by atoms with Gasteiger partial charge in [-0.2, -0.15) is 0 Å². The van der Waals surface area contributed by atoms with Crippen LogP contribution in [0, 0.1) is 12.7 Å². The molecular formula is C36H40FN3O5S. The number of benzene rings is 4. The van der Waals surface area contributed by atoms with Gasteiger partial charge in [0.2, 0.25) is 11.8 Å². The van der Waals surface area contributed by atoms with Gasteiger partial charge in [-0.3, -0.25) is 13.9 Å². The summed E-state index contributed by atoms with van der Waals surface area (Å²) < 4.78 is 48.4. The monoisotopic (exact) mass is 645 g/mol. The Bertz CT molecular complexity index is 1700. The molecule has 10 heteroatoms. The van der Waals surface area contributed by atoms with Crippen molar-refractivity contribution in [3.05, 3.63) is 126 Å². The molecule has 0 aromatic heterocycles. The number of aryl methyl sites for hydroxylation is 1. The standard InChI is InChI=1S/C36H40FN3O5S/c1-5-27(3)38-36(42)34(23-28-9-7-6-8-10-28)39(24-29-13-15-30(37)16-14-29)35(41)25-40(31-17-19-32(45-4)20-18-31)46(43,44)33-21-11-26(2)12-22-33/h6-22,27,34H,5,23-25H2,1-4H3,(H,38,42)/t27-,34-/m0/s1. The van der Waals surface area contributed by atoms with Gasteiger partial charge < -0.3 is 15.0 Å². The normalized spacial score (nSPS) is 12.5. The quantitative estimate of drug-likeness (QED) is 0.185. The van der Waals surface area contributed by atoms with Crippen molar-refractivity contribution >= 4 is 27.5 Å². The van der Waals surface area contributed by atoms with E-state index in [1.807, 2.05) is 51.1 Å². The first-order valence-electron chi connectivity index (χ1n) is 15.1. The summed E-state index contributed by atoms with van der Waals surface area (Å²) in [5.74, 6) is -0.890. The van der Waals surface area contributed by atoms with Gasteiger partial charge in [-0.1, -0.05) is 67.1 Å². The summed E-state index contributed by atoms with van der Waals surface area (Å²) in [6.07, 6.45) is 0.860. The number of nitrogens with one attached hydrogen (secondary N) is 1. The minimum absolute atomic E-state index is 0.0159. The second-order valence-electron chi connectivity index (χ2n) is 11.2. The summed E-state index contributed by atoms with van der Waals surface area (Å²) in [6, 6.07) is 26.6. The number of nitrogens with zero attached hydrogens (tertiary/aromatic N) is 2. The van der Waals surface area contributed by atoms with E-state index in [2.05, 4.69) is 5.32 Å². The number of carbonyl (C=O) groups excluding carboxylic acids is 2. The summed E-state index contributed by atoms with van der Waals surface area (Å²) in [6.45, 7) is 5.04. The number of methoxy groups -OCH3 is 1. The molecule has 0 bridgehead atoms. The molecule has 4 aromatic rings. The molecule has 242 valence electrons. The van der Waals surface area contributed by atoms with E-state index < -0.39 is 34.3 Å². The summed E-state index contributed by atoms with van der Waals surface area (Å²) in [7, 11) is -2.73. The van der Waals surface area contributed by atoms with Crippen molar-refractivity contribution in [1.82, 2.24) is 10.2 Å². The smallest absolute Gasteiger partial charge is 0.264 e. The highest BCUT2D eigenvalue weighted by molar-refractivity contribution is 7.92. The lowest BCUT2D eigenvalue weighted by Crippen LogP contribution is -2.54. The van der Waals surface area contributed by atoms with Crippen LogP contribution in [0.5, 0.6) is 5.75 Å². The topological polar surface area (TPSA) is 96.0 Å². The van der Waals surface area contributed by atoms with Gasteiger partial charge in [0.25, 0.3) is 10.0 Å². The summed E-state index contributed by atoms with van der Waals surface area (Å²) >= 11 is 0. The van der Waals surface area contributed by atoms with Gasteiger partial charge in [-0.25, -0.2) is 12.8 Å². The molecule has 4 rings (SSSR count). The summed E-state index contributed by atoms with van der Waals surface area (Å²) in [5, 5.41) is 3.00. The molecule has 1 N–H and O–H groups in total. The molecule has 0 heterocycles. The Kier molecular flexibility index (Phi) is 11.5. The Labute approximate surface area is 270 Å². The molecule has 46 heavy (non-hydrogen) atoms. The largest absolute Gasteiger partial charge is 0.497 e. The van der Waals surface area contributed by atoms with E-state index in [0.717, 1.165) is 15.4 Å². The van der Waals surface area contributed by atoms with E-state index >= 15 is 0 Å². The second kappa shape index (κ2) is 15.5. The summed E-state index contributed by atoms with van der Waals surface area (Å²) in [4.78, 5) is 29.8. The van der Waals surface area contributed by atoms with E-state index in [1.54, 1.807) is 48.5 Å². The van der Waals surface area contributed by atoms with Gasteiger partial charge in [-0.15, -0.1) is 0 Å². The van der Waals surface area contributed by atoms with Gasteiger partial charge in [0.1, 0.15) is 24.2 Å². The number of sulfonamides is 1. The van der Waals surface area contributed by atoms with E-state index in [9.17, 15) is 22.4 Å². The summed E-state index contributed by atoms with van der Waals surface area (Å²) in [5.41, 5.74) is 2.54. The lowest BCUT2D eigenvalue weighted by molar-refractivity contribution is -0.140. The highest BCUT2D eigenvalue weighted by Crippen LogP contribution is 2.27. The van der Waals surface area contributed by atoms with Crippen LogP contribution in [0.3, 0.4) is 0 Å². The number of anilines is 1. The van der Waals surface area contributed by atoms with Crippen molar-refractivity contribution in [2.45, 2.75) is 57.1 Å². The molecule has 0 saturated carbocycles. The first-order chi connectivity index (χ1) is 22.0. The van der Waals surface area contributed by atoms with E-state index in [4.69, 9.17) is 4.74 Å². The zero-order valence-electron chi connectivity index (χ0n) is 26.5. The molecule has 0 radical (unpaired) electrons. The predicted molar refractivity (Wildman–Crippen MR) is 177 cm³/mol. The SMILES string of the molecule is CC[C@H](C)NC(=O)[C@H](Cc1ccccc1)N(Cc1ccc(F)cc1)C(=O)CN(c1ccc(OC)cc1)S(=O)(=O)c1ccc(C)cc1. The highest BCUT2D eigenvalue weighted by atomic mass is 32.2. The Morgan fingerprint density at radius 1 is 0.870 bits per heavy atom. The zero-order chi connectivity index (χ0) is 33.3. The predicted octanol–water partition coefficient (Wildman–Crippen LogP) is 5.89. The van der Waals surface area contributed by atoms with Crippen molar-refractivity contribution in [3.63, 3.8) is 0 Å². The number of hydrogen-bond acceptors (Lipinski definition) is 5. The van der Waals surface area contributed by atoms with Crippen LogP contribution in [-0.4, -0.2) is 50.9 Å². The van der Waals surface area contributed by atoms with Crippen molar-refractivity contribution in [2.75, 3.05) is 18.0 Å². The van der Waals surface area contributed by atoms with Crippen LogP contribution in [-0.2, 0) is 32.6 Å². The van der Waals surface area contributed by atoms with Crippen molar-refractivity contribution < 1.29 is 27.1 Å². The van der Waals surface area contributed by atoms with Crippen molar-refractivity contribution in [1.29, 1.82) is 0 Å². The third-order valence-electron chi connectivity index (χ3n) is 7.79. The lowest BCUT2D eigenvalue weighted by atomic mass is 10.0. The van der Waals surface area contributed by atoms with Crippen LogP contribution in [0.2, 0.25) is 0 Å². The fourth-order valence-electron chi connectivity index (χ4n) is 4.90. The maximum atomic E-state index is 14.5. The number of ether oxygens (including phenoxy) is 1. The molecule has 0 fully saturated rings. The fourth-order valence-corrected chi connectivity index (χ4v) is 6.31. The molecule has 0 aliphatic rings. The lowest BCUT2D eigenvalue weighted by Gasteiger charge is -2.34. The molecule has 2 amide bonds. The Hall–Kier alpha value is -4.70. The third kappa shape index (κ3) is 8.72. The average Bonchev–Trinajstić information content (AvgIpc) is 3.06. The van der Waals surface area contributed by atoms with Crippen LogP contribution in [0.1, 0.15) is 37.0 Å². The minimum atomic E-state index is -4.23. The fraction of sp³-hybridized carbons (Fsp3) is 0.278. The van der Waals surface area contributed by atoms with E-state index in [1.165, 1.54) is 36.3 Å². The molecule has 4 aromatic carbocycles. The first-order valence-corrected chi connectivity index (χ1v) is 16.6. The molecule has 0 spiro atoms. The molecule has 2 atom stereocenters. The molecule has 0 aliphatic carbocycles. The van der Waals surface area contributed by atoms with E-state index in [0.29, 0.717) is 17.7 Å². The van der Waals surface area contributed by atoms with Gasteiger partial charge in [0.05, 0.1) is 17.7 Å². The number of carbonyl (C=O) groups is 2. The van der Waals surface area contributed by atoms with Gasteiger partial charge >= 0.3 is 0 Å². The maximum absolute atomic E-state index is 14.5. The molecule has 0 unspecified atom stereocenters. The molecular weight excluding hydrogens is 605 g/mol. The molecule has 0 aliphatic heterocycles. The highest BCUT2D eigenvalue weighted by Gasteiger charge is 2.35. The second-order valence-corrected chi connectivity index (χ2v) is 13.1. The van der Waals surface area contributed by atoms with Gasteiger partial charge in [0.15, 0.2) is 0 Å². The average molecular weight is 646 g/mol. The minimum Gasteiger partial charge on any atom is -0.497 e. The van der Waals surface area contributed by atoms with Crippen LogP contribution < -0.4 is 14.4 Å². The number of rotatable bonds is 14. The van der Waals surface area contributed by atoms with Crippen LogP contribution >= 0.6 is 0 Å². The number of amides is 2. The zero-order valence-corrected chi connectivity index (χ0v) is 27.3. The molecule has 0 saturated heterocycles. The molecule has 8 nitrogen and oxygen atoms in total. The Balaban J connectivity index is 1.80. The van der Waals surface area contributed by atoms with Crippen molar-refractivity contribution in [3.8, 4) is 5.75 Å². The van der Waals surface area contributed by atoms with Crippen LogP contribution in [0.15, 0.2) is 108 Å². The van der Waals surface area contributed by atoms with Gasteiger partial charge in [0, 0.05) is 19.0 Å². The Morgan fingerprint density at radius 3 is 2.09 bits per heavy atom. The Morgan fingerprint density at radius 2 is 1.50 bits per heavy atom. The van der Waals surface area contributed by atoms with Crippen LogP contribution in [0.25, 0.3) is 0 Å². The first kappa shape index (κ1) is 34.2. The van der Waals surface area contributed by atoms with Crippen molar-refractivity contribution in [2.24, 2.45) is 0 Å². The van der Waals surface area contributed by atoms with Crippen LogP contribution in [0.4, 0.5) is 10.1 Å². The maximum Gasteiger partial charge on any atom is 0.264 e. The third-order valence-corrected chi connectivity index (χ3v) is 9.57.